The minimum absolute atomic E-state index is 0. The summed E-state index contributed by atoms with van der Waals surface area (Å²) in [6, 6.07) is 1.78. The van der Waals surface area contributed by atoms with Crippen molar-refractivity contribution >= 4 is 67.2 Å². The summed E-state index contributed by atoms with van der Waals surface area (Å²) in [5.41, 5.74) is -1.000. The van der Waals surface area contributed by atoms with E-state index in [0.717, 1.165) is 6.07 Å². The number of nitro groups is 1. The quantitative estimate of drug-likeness (QED) is 0.363. The molecule has 1 aromatic carbocycles. The van der Waals surface area contributed by atoms with Gasteiger partial charge in [-0.3, -0.25) is 14.7 Å². The van der Waals surface area contributed by atoms with E-state index >= 15 is 0 Å². The first kappa shape index (κ1) is 15.1. The first-order valence-electron chi connectivity index (χ1n) is 3.24. The van der Waals surface area contributed by atoms with Crippen molar-refractivity contribution < 1.29 is 22.3 Å². The molecule has 0 bridgehead atoms. The van der Waals surface area contributed by atoms with Crippen LogP contribution in [0.25, 0.3) is 0 Å². The molecule has 1 rings (SSSR count). The van der Waals surface area contributed by atoms with Crippen molar-refractivity contribution in [1.82, 2.24) is 0 Å². The molecule has 0 amide bonds. The van der Waals surface area contributed by atoms with Gasteiger partial charge in [0.15, 0.2) is 0 Å². The Hall–Kier alpha value is 0.0964. The van der Waals surface area contributed by atoms with E-state index in [1.807, 2.05) is 0 Å². The molecule has 6 nitrogen and oxygen atoms in total. The first-order valence-corrected chi connectivity index (χ1v) is 4.68. The van der Waals surface area contributed by atoms with E-state index in [-0.39, 0.29) is 51.4 Å². The molecule has 9 heteroatoms. The van der Waals surface area contributed by atoms with Crippen LogP contribution in [0.4, 0.5) is 10.1 Å². The van der Waals surface area contributed by atoms with E-state index in [1.54, 1.807) is 0 Å². The molecule has 0 heterocycles. The zero-order chi connectivity index (χ0) is 10.9. The second kappa shape index (κ2) is 5.43. The monoisotopic (exact) mass is 260 g/mol. The Bertz CT molecular complexity index is 488. The molecule has 0 aliphatic heterocycles. The van der Waals surface area contributed by atoms with E-state index in [1.165, 1.54) is 0 Å². The van der Waals surface area contributed by atoms with Crippen molar-refractivity contribution in [2.75, 3.05) is 0 Å². The van der Waals surface area contributed by atoms with Gasteiger partial charge in [0.05, 0.1) is 4.92 Å². The standard InChI is InChI=1S/C6H4FNO5S.K/c7-5-2-1-4(14(11,12)13)3-6(5)8(9)10;/h1-3H,(H,11,12,13);. The molecule has 0 atom stereocenters. The van der Waals surface area contributed by atoms with Crippen LogP contribution in [0, 0.1) is 15.9 Å². The molecule has 0 saturated carbocycles. The number of hydrogen-bond acceptors (Lipinski definition) is 4. The molecule has 77 valence electrons. The van der Waals surface area contributed by atoms with Crippen molar-refractivity contribution in [3.05, 3.63) is 34.1 Å². The molecule has 1 radical (unpaired) electrons. The van der Waals surface area contributed by atoms with Gasteiger partial charge in [-0.2, -0.15) is 12.8 Å². The van der Waals surface area contributed by atoms with Gasteiger partial charge in [0.2, 0.25) is 5.82 Å². The molecule has 0 aliphatic carbocycles. The fraction of sp³-hybridized carbons (Fsp3) is 0. The van der Waals surface area contributed by atoms with Crippen LogP contribution in [0.3, 0.4) is 0 Å². The minimum atomic E-state index is -4.55. The number of nitro benzene ring substituents is 1. The number of halogens is 1. The van der Waals surface area contributed by atoms with Crippen LogP contribution in [-0.2, 0) is 10.1 Å². The molecular weight excluding hydrogens is 256 g/mol. The normalized spacial score (nSPS) is 10.5. The van der Waals surface area contributed by atoms with Crippen LogP contribution in [-0.4, -0.2) is 69.3 Å². The fourth-order valence-electron chi connectivity index (χ4n) is 0.793. The molecule has 0 saturated heterocycles. The summed E-state index contributed by atoms with van der Waals surface area (Å²) in [4.78, 5) is 8.39. The molecule has 0 aliphatic rings. The van der Waals surface area contributed by atoms with Gasteiger partial charge < -0.3 is 0 Å². The van der Waals surface area contributed by atoms with Gasteiger partial charge in [0.1, 0.15) is 4.90 Å². The third-order valence-electron chi connectivity index (χ3n) is 1.41. The van der Waals surface area contributed by atoms with Gasteiger partial charge in [0, 0.05) is 57.5 Å². The van der Waals surface area contributed by atoms with Gasteiger partial charge in [-0.15, -0.1) is 0 Å². The smallest absolute Gasteiger partial charge is 0.282 e. The molecule has 15 heavy (non-hydrogen) atoms. The maximum atomic E-state index is 12.7. The van der Waals surface area contributed by atoms with E-state index in [2.05, 4.69) is 0 Å². The molecular formula is C6H4FKNO5S. The van der Waals surface area contributed by atoms with Crippen LogP contribution in [0.2, 0.25) is 0 Å². The van der Waals surface area contributed by atoms with Crippen LogP contribution in [0.1, 0.15) is 0 Å². The van der Waals surface area contributed by atoms with Crippen molar-refractivity contribution in [3.63, 3.8) is 0 Å². The van der Waals surface area contributed by atoms with Gasteiger partial charge >= 0.3 is 5.69 Å². The summed E-state index contributed by atoms with van der Waals surface area (Å²) in [6.07, 6.45) is 0. The van der Waals surface area contributed by atoms with Gasteiger partial charge in [0.25, 0.3) is 10.1 Å². The van der Waals surface area contributed by atoms with E-state index in [4.69, 9.17) is 4.55 Å². The third kappa shape index (κ3) is 3.87. The Morgan fingerprint density at radius 1 is 1.40 bits per heavy atom. The van der Waals surface area contributed by atoms with E-state index in [0.29, 0.717) is 12.1 Å². The fourth-order valence-corrected chi connectivity index (χ4v) is 1.29. The molecule has 0 spiro atoms. The van der Waals surface area contributed by atoms with Crippen LogP contribution < -0.4 is 0 Å². The summed E-state index contributed by atoms with van der Waals surface area (Å²) < 4.78 is 42.3. The molecule has 1 N–H and O–H groups in total. The Kier molecular flexibility index (Phi) is 5.47. The maximum absolute atomic E-state index is 12.7. The summed E-state index contributed by atoms with van der Waals surface area (Å²) in [5, 5.41) is 10.2. The van der Waals surface area contributed by atoms with Crippen molar-refractivity contribution in [3.8, 4) is 0 Å². The molecule has 1 aromatic rings. The number of nitrogens with zero attached hydrogens (tertiary/aromatic N) is 1. The van der Waals surface area contributed by atoms with Crippen LogP contribution in [0.5, 0.6) is 0 Å². The first-order chi connectivity index (χ1) is 6.32. The zero-order valence-electron chi connectivity index (χ0n) is 7.55. The van der Waals surface area contributed by atoms with Crippen molar-refractivity contribution in [1.29, 1.82) is 0 Å². The maximum Gasteiger partial charge on any atom is 0.306 e. The predicted octanol–water partition coefficient (Wildman–Crippen LogP) is 0.600. The van der Waals surface area contributed by atoms with E-state index in [9.17, 15) is 22.9 Å². The van der Waals surface area contributed by atoms with E-state index < -0.39 is 31.4 Å². The van der Waals surface area contributed by atoms with Crippen LogP contribution >= 0.6 is 0 Å². The Morgan fingerprint density at radius 3 is 2.33 bits per heavy atom. The SMILES string of the molecule is O=[N+]([O-])c1cc(S(=O)(=O)O)ccc1F.[K]. The zero-order valence-corrected chi connectivity index (χ0v) is 11.5. The summed E-state index contributed by atoms with van der Waals surface area (Å²) in [6.45, 7) is 0. The van der Waals surface area contributed by atoms with Gasteiger partial charge in [-0.05, 0) is 12.1 Å². The second-order valence-corrected chi connectivity index (χ2v) is 3.77. The van der Waals surface area contributed by atoms with Crippen molar-refractivity contribution in [2.24, 2.45) is 0 Å². The number of hydrogen-bond donors (Lipinski definition) is 1. The molecule has 0 fully saturated rings. The van der Waals surface area contributed by atoms with Gasteiger partial charge in [-0.1, -0.05) is 0 Å². The Morgan fingerprint density at radius 2 is 1.93 bits per heavy atom. The second-order valence-electron chi connectivity index (χ2n) is 2.35. The van der Waals surface area contributed by atoms with Crippen molar-refractivity contribution in [2.45, 2.75) is 4.90 Å². The average molecular weight is 260 g/mol. The molecule has 0 unspecified atom stereocenters. The number of rotatable bonds is 2. The summed E-state index contributed by atoms with van der Waals surface area (Å²) in [5.74, 6) is -1.16. The Labute approximate surface area is 127 Å². The van der Waals surface area contributed by atoms with Crippen LogP contribution in [0.15, 0.2) is 23.1 Å². The molecule has 0 aromatic heterocycles. The third-order valence-corrected chi connectivity index (χ3v) is 2.26. The topological polar surface area (TPSA) is 97.5 Å². The van der Waals surface area contributed by atoms with Gasteiger partial charge in [-0.25, -0.2) is 0 Å². The summed E-state index contributed by atoms with van der Waals surface area (Å²) >= 11 is 0. The largest absolute Gasteiger partial charge is 0.306 e. The number of benzene rings is 1. The minimum Gasteiger partial charge on any atom is -0.282 e. The summed E-state index contributed by atoms with van der Waals surface area (Å²) in [7, 11) is -4.55. The predicted molar refractivity (Wildman–Crippen MR) is 48.6 cm³/mol. The average Bonchev–Trinajstić information content (AvgIpc) is 2.02. The Balaban J connectivity index is 0.00000196.